The predicted octanol–water partition coefficient (Wildman–Crippen LogP) is 5.40. The molecule has 2 atom stereocenters. The van der Waals surface area contributed by atoms with Crippen molar-refractivity contribution in [3.05, 3.63) is 82.9 Å². The Morgan fingerprint density at radius 1 is 1.04 bits per heavy atom. The molecule has 1 amide bonds. The third kappa shape index (κ3) is 3.93. The van der Waals surface area contributed by atoms with Crippen molar-refractivity contribution in [2.45, 2.75) is 50.8 Å². The Labute approximate surface area is 163 Å². The molecule has 28 heavy (non-hydrogen) atoms. The number of ether oxygens (including phenoxy) is 1. The van der Waals surface area contributed by atoms with Gasteiger partial charge in [-0.05, 0) is 49.8 Å². The molecule has 2 aliphatic rings. The summed E-state index contributed by atoms with van der Waals surface area (Å²) >= 11 is 0. The van der Waals surface area contributed by atoms with Crippen LogP contribution in [0.4, 0.5) is 13.6 Å². The van der Waals surface area contributed by atoms with Crippen molar-refractivity contribution < 1.29 is 18.3 Å². The van der Waals surface area contributed by atoms with E-state index in [0.717, 1.165) is 30.4 Å². The molecule has 0 spiro atoms. The molecule has 146 valence electrons. The van der Waals surface area contributed by atoms with Gasteiger partial charge in [0.05, 0.1) is 6.04 Å². The first-order chi connectivity index (χ1) is 13.6. The molecule has 1 saturated heterocycles. The van der Waals surface area contributed by atoms with Crippen LogP contribution in [-0.4, -0.2) is 23.1 Å². The van der Waals surface area contributed by atoms with Crippen LogP contribution in [0.5, 0.6) is 0 Å². The second-order valence-corrected chi connectivity index (χ2v) is 7.51. The van der Waals surface area contributed by atoms with Crippen LogP contribution in [0.2, 0.25) is 0 Å². The minimum atomic E-state index is -0.518. The maximum Gasteiger partial charge on any atom is 0.410 e. The number of nitrogens with zero attached hydrogens (tertiary/aromatic N) is 1. The second kappa shape index (κ2) is 8.13. The molecule has 1 fully saturated rings. The van der Waals surface area contributed by atoms with E-state index in [0.29, 0.717) is 6.42 Å². The zero-order chi connectivity index (χ0) is 19.5. The van der Waals surface area contributed by atoms with E-state index in [1.54, 1.807) is 0 Å². The lowest BCUT2D eigenvalue weighted by Crippen LogP contribution is -2.52. The molecule has 0 aromatic heterocycles. The summed E-state index contributed by atoms with van der Waals surface area (Å²) in [6.07, 6.45) is 5.34. The fraction of sp³-hybridized carbons (Fsp3) is 0.348. The quantitative estimate of drug-likeness (QED) is 0.662. The van der Waals surface area contributed by atoms with Crippen LogP contribution >= 0.6 is 0 Å². The average molecular weight is 383 g/mol. The van der Waals surface area contributed by atoms with Gasteiger partial charge in [0, 0.05) is 11.6 Å². The second-order valence-electron chi connectivity index (χ2n) is 7.51. The van der Waals surface area contributed by atoms with Crippen molar-refractivity contribution in [3.8, 4) is 0 Å². The number of carbonyl (C=O) groups excluding carboxylic acids is 1. The fourth-order valence-electron chi connectivity index (χ4n) is 4.26. The highest BCUT2D eigenvalue weighted by molar-refractivity contribution is 5.69. The molecule has 0 saturated carbocycles. The van der Waals surface area contributed by atoms with Gasteiger partial charge in [0.1, 0.15) is 18.2 Å². The Hall–Kier alpha value is -2.69. The van der Waals surface area contributed by atoms with Gasteiger partial charge in [-0.2, -0.15) is 0 Å². The van der Waals surface area contributed by atoms with Gasteiger partial charge in [0.2, 0.25) is 0 Å². The van der Waals surface area contributed by atoms with Gasteiger partial charge in [-0.1, -0.05) is 48.0 Å². The van der Waals surface area contributed by atoms with Crippen molar-refractivity contribution in [3.63, 3.8) is 0 Å². The summed E-state index contributed by atoms with van der Waals surface area (Å²) in [5.41, 5.74) is 2.04. The first-order valence-corrected chi connectivity index (χ1v) is 9.73. The molecule has 2 aliphatic heterocycles. The van der Waals surface area contributed by atoms with Crippen molar-refractivity contribution in [2.24, 2.45) is 0 Å². The highest BCUT2D eigenvalue weighted by Crippen LogP contribution is 2.35. The van der Waals surface area contributed by atoms with Gasteiger partial charge in [-0.15, -0.1) is 0 Å². The summed E-state index contributed by atoms with van der Waals surface area (Å²) in [4.78, 5) is 14.5. The van der Waals surface area contributed by atoms with Crippen LogP contribution in [0.25, 0.3) is 0 Å². The summed E-state index contributed by atoms with van der Waals surface area (Å²) in [5, 5.41) is 0. The van der Waals surface area contributed by atoms with Gasteiger partial charge < -0.3 is 4.74 Å². The molecule has 0 aliphatic carbocycles. The summed E-state index contributed by atoms with van der Waals surface area (Å²) < 4.78 is 33.6. The van der Waals surface area contributed by atoms with E-state index in [-0.39, 0.29) is 36.8 Å². The van der Waals surface area contributed by atoms with Crippen molar-refractivity contribution in [1.82, 2.24) is 4.90 Å². The molecule has 5 heteroatoms. The lowest BCUT2D eigenvalue weighted by Gasteiger charge is -2.44. The first-order valence-electron chi connectivity index (χ1n) is 9.73. The lowest BCUT2D eigenvalue weighted by molar-refractivity contribution is 0.0480. The maximum absolute atomic E-state index is 14.0. The molecule has 4 rings (SSSR count). The Kier molecular flexibility index (Phi) is 5.42. The zero-order valence-electron chi connectivity index (χ0n) is 15.6. The normalized spacial score (nSPS) is 21.2. The van der Waals surface area contributed by atoms with Crippen molar-refractivity contribution >= 4 is 6.09 Å². The summed E-state index contributed by atoms with van der Waals surface area (Å²) in [6, 6.07) is 13.5. The average Bonchev–Trinajstić information content (AvgIpc) is 2.69. The van der Waals surface area contributed by atoms with E-state index in [9.17, 15) is 13.6 Å². The number of hydrogen-bond donors (Lipinski definition) is 0. The number of piperidine rings is 1. The highest BCUT2D eigenvalue weighted by atomic mass is 19.1. The summed E-state index contributed by atoms with van der Waals surface area (Å²) in [5.74, 6) is -1.04. The van der Waals surface area contributed by atoms with Crippen molar-refractivity contribution in [2.75, 3.05) is 0 Å². The number of fused-ring (bicyclic) bond motifs is 2. The lowest BCUT2D eigenvalue weighted by atomic mass is 9.83. The molecule has 2 bridgehead atoms. The third-order valence-corrected chi connectivity index (χ3v) is 5.60. The van der Waals surface area contributed by atoms with Crippen LogP contribution < -0.4 is 0 Å². The summed E-state index contributed by atoms with van der Waals surface area (Å²) in [6.45, 7) is 0.243. The maximum atomic E-state index is 14.0. The third-order valence-electron chi connectivity index (χ3n) is 5.60. The van der Waals surface area contributed by atoms with Gasteiger partial charge in [-0.25, -0.2) is 13.6 Å². The number of halogens is 2. The standard InChI is InChI=1S/C23H23F2NO2/c24-21-10-5-11-22(25)20(21)14-17-12-18-8-4-9-19(13-17)26(18)23(27)28-15-16-6-2-1-3-7-16/h1-3,5-7,10-12,18-19H,4,8-9,13-15H2. The zero-order valence-corrected chi connectivity index (χ0v) is 15.6. The largest absolute Gasteiger partial charge is 0.445 e. The number of hydrogen-bond acceptors (Lipinski definition) is 2. The van der Waals surface area contributed by atoms with Gasteiger partial charge >= 0.3 is 6.09 Å². The van der Waals surface area contributed by atoms with E-state index in [1.165, 1.54) is 18.2 Å². The van der Waals surface area contributed by atoms with Crippen LogP contribution in [0.15, 0.2) is 60.2 Å². The number of benzene rings is 2. The highest BCUT2D eigenvalue weighted by Gasteiger charge is 2.38. The van der Waals surface area contributed by atoms with E-state index in [4.69, 9.17) is 4.74 Å². The van der Waals surface area contributed by atoms with E-state index >= 15 is 0 Å². The number of carbonyl (C=O) groups is 1. The number of rotatable bonds is 4. The van der Waals surface area contributed by atoms with Crippen LogP contribution in [-0.2, 0) is 17.8 Å². The summed E-state index contributed by atoms with van der Waals surface area (Å²) in [7, 11) is 0. The molecule has 3 nitrogen and oxygen atoms in total. The molecule has 2 unspecified atom stereocenters. The monoisotopic (exact) mass is 383 g/mol. The molecule has 2 aromatic carbocycles. The molecule has 0 radical (unpaired) electrons. The van der Waals surface area contributed by atoms with Gasteiger partial charge in [0.15, 0.2) is 0 Å². The van der Waals surface area contributed by atoms with E-state index < -0.39 is 11.6 Å². The number of amides is 1. The topological polar surface area (TPSA) is 29.5 Å². The molecule has 0 N–H and O–H groups in total. The Morgan fingerprint density at radius 2 is 1.79 bits per heavy atom. The Balaban J connectivity index is 1.47. The van der Waals surface area contributed by atoms with Gasteiger partial charge in [0.25, 0.3) is 0 Å². The molecule has 2 aromatic rings. The molecular weight excluding hydrogens is 360 g/mol. The minimum Gasteiger partial charge on any atom is -0.445 e. The van der Waals surface area contributed by atoms with Crippen LogP contribution in [0.3, 0.4) is 0 Å². The van der Waals surface area contributed by atoms with E-state index in [2.05, 4.69) is 0 Å². The Bertz CT molecular complexity index is 861. The smallest absolute Gasteiger partial charge is 0.410 e. The SMILES string of the molecule is O=C(OCc1ccccc1)N1C2C=C(Cc3c(F)cccc3F)CC1CCC2. The fourth-order valence-corrected chi connectivity index (χ4v) is 4.26. The van der Waals surface area contributed by atoms with E-state index in [1.807, 2.05) is 41.3 Å². The minimum absolute atomic E-state index is 0.0249. The predicted molar refractivity (Wildman–Crippen MR) is 103 cm³/mol. The molecular formula is C23H23F2NO2. The molecule has 2 heterocycles. The van der Waals surface area contributed by atoms with Crippen molar-refractivity contribution in [1.29, 1.82) is 0 Å². The van der Waals surface area contributed by atoms with Crippen LogP contribution in [0, 0.1) is 11.6 Å². The van der Waals surface area contributed by atoms with Gasteiger partial charge in [-0.3, -0.25) is 4.90 Å². The van der Waals surface area contributed by atoms with Crippen LogP contribution in [0.1, 0.15) is 36.8 Å². The Morgan fingerprint density at radius 3 is 2.50 bits per heavy atom. The first kappa shape index (κ1) is 18.7.